The van der Waals surface area contributed by atoms with E-state index in [1.807, 2.05) is 31.2 Å². The van der Waals surface area contributed by atoms with Gasteiger partial charge in [0.25, 0.3) is 0 Å². The summed E-state index contributed by atoms with van der Waals surface area (Å²) in [6.07, 6.45) is 4.93. The van der Waals surface area contributed by atoms with E-state index in [1.165, 1.54) is 14.2 Å². The molecule has 0 saturated carbocycles. The van der Waals surface area contributed by atoms with E-state index < -0.39 is 10.0 Å². The van der Waals surface area contributed by atoms with Crippen LogP contribution in [0.4, 0.5) is 0 Å². The predicted molar refractivity (Wildman–Crippen MR) is 143 cm³/mol. The molecule has 0 aliphatic carbocycles. The van der Waals surface area contributed by atoms with Crippen molar-refractivity contribution in [2.45, 2.75) is 18.7 Å². The highest BCUT2D eigenvalue weighted by Crippen LogP contribution is 2.38. The van der Waals surface area contributed by atoms with Gasteiger partial charge < -0.3 is 9.15 Å². The minimum absolute atomic E-state index is 0.157. The van der Waals surface area contributed by atoms with Crippen LogP contribution in [0.5, 0.6) is 6.01 Å². The van der Waals surface area contributed by atoms with Gasteiger partial charge >= 0.3 is 6.01 Å². The van der Waals surface area contributed by atoms with Crippen LogP contribution in [0.25, 0.3) is 39.4 Å². The Labute approximate surface area is 224 Å². The molecule has 10 nitrogen and oxygen atoms in total. The molecule has 0 fully saturated rings. The molecule has 5 rings (SSSR count). The molecule has 3 heterocycles. The number of hydrogen-bond donors (Lipinski definition) is 1. The third-order valence-corrected chi connectivity index (χ3v) is 7.67. The summed E-state index contributed by atoms with van der Waals surface area (Å²) in [5.41, 5.74) is 4.65. The zero-order valence-corrected chi connectivity index (χ0v) is 22.5. The van der Waals surface area contributed by atoms with Crippen molar-refractivity contribution in [3.05, 3.63) is 77.7 Å². The number of aromatic nitrogens is 5. The van der Waals surface area contributed by atoms with E-state index >= 15 is 0 Å². The number of hydrogen-bond acceptors (Lipinski definition) is 8. The summed E-state index contributed by atoms with van der Waals surface area (Å²) < 4.78 is 40.1. The van der Waals surface area contributed by atoms with E-state index in [1.54, 1.807) is 48.4 Å². The van der Waals surface area contributed by atoms with E-state index in [9.17, 15) is 8.42 Å². The summed E-state index contributed by atoms with van der Waals surface area (Å²) in [7, 11) is -0.750. The van der Waals surface area contributed by atoms with Crippen LogP contribution in [0, 0.1) is 13.8 Å². The average molecular weight is 551 g/mol. The molecule has 0 amide bonds. The highest BCUT2D eigenvalue weighted by atomic mass is 35.5. The second kappa shape index (κ2) is 10.0. The smallest absolute Gasteiger partial charge is 0.316 e. The van der Waals surface area contributed by atoms with E-state index in [4.69, 9.17) is 20.8 Å². The van der Waals surface area contributed by atoms with Gasteiger partial charge in [-0.15, -0.1) is 0 Å². The Morgan fingerprint density at radius 3 is 2.42 bits per heavy atom. The summed E-state index contributed by atoms with van der Waals surface area (Å²) >= 11 is 6.33. The Morgan fingerprint density at radius 1 is 1.03 bits per heavy atom. The van der Waals surface area contributed by atoms with E-state index in [0.29, 0.717) is 50.4 Å². The number of rotatable bonds is 7. The van der Waals surface area contributed by atoms with E-state index in [-0.39, 0.29) is 10.9 Å². The molecule has 0 aliphatic heterocycles. The zero-order valence-electron chi connectivity index (χ0n) is 20.9. The molecule has 2 aromatic carbocycles. The normalized spacial score (nSPS) is 11.6. The molecule has 1 N–H and O–H groups in total. The largest absolute Gasteiger partial charge is 0.467 e. The summed E-state index contributed by atoms with van der Waals surface area (Å²) in [4.78, 5) is 13.2. The minimum atomic E-state index is -3.62. The number of nitrogens with zero attached hydrogens (tertiary/aromatic N) is 5. The second-order valence-corrected chi connectivity index (χ2v) is 10.6. The molecule has 0 atom stereocenters. The predicted octanol–water partition coefficient (Wildman–Crippen LogP) is 4.84. The third kappa shape index (κ3) is 4.78. The molecule has 0 unspecified atom stereocenters. The first-order valence-corrected chi connectivity index (χ1v) is 13.3. The number of sulfonamides is 1. The SMILES string of the molecule is CNS(=O)(=O)c1cccc(-c2ccc(-n3cc(Cl)c(C)n3)c(-c3oc(C)nc3-c3cnc(OC)nc3)c2)c1. The Hall–Kier alpha value is -4.06. The van der Waals surface area contributed by atoms with Gasteiger partial charge in [0.2, 0.25) is 10.0 Å². The molecular formula is C26H23ClN6O4S. The number of oxazole rings is 1. The van der Waals surface area contributed by atoms with Gasteiger partial charge in [-0.05, 0) is 49.4 Å². The first kappa shape index (κ1) is 25.6. The summed E-state index contributed by atoms with van der Waals surface area (Å²) in [5.74, 6) is 0.912. The first-order valence-electron chi connectivity index (χ1n) is 11.4. The van der Waals surface area contributed by atoms with E-state index in [0.717, 1.165) is 5.56 Å². The van der Waals surface area contributed by atoms with Gasteiger partial charge in [0.15, 0.2) is 11.7 Å². The molecule has 38 heavy (non-hydrogen) atoms. The van der Waals surface area contributed by atoms with Crippen LogP contribution >= 0.6 is 11.6 Å². The van der Waals surface area contributed by atoms with Gasteiger partial charge in [-0.25, -0.2) is 32.8 Å². The molecule has 0 aliphatic rings. The van der Waals surface area contributed by atoms with Gasteiger partial charge in [-0.1, -0.05) is 29.8 Å². The number of nitrogens with one attached hydrogen (secondary N) is 1. The van der Waals surface area contributed by atoms with Crippen LogP contribution in [0.2, 0.25) is 5.02 Å². The van der Waals surface area contributed by atoms with Crippen LogP contribution in [-0.2, 0) is 10.0 Å². The van der Waals surface area contributed by atoms with Crippen LogP contribution in [0.15, 0.2) is 70.4 Å². The third-order valence-electron chi connectivity index (χ3n) is 5.89. The fourth-order valence-electron chi connectivity index (χ4n) is 3.97. The maximum absolute atomic E-state index is 12.4. The Balaban J connectivity index is 1.73. The molecular weight excluding hydrogens is 528 g/mol. The summed E-state index contributed by atoms with van der Waals surface area (Å²) in [6, 6.07) is 12.6. The van der Waals surface area contributed by atoms with E-state index in [2.05, 4.69) is 24.8 Å². The standard InChI is InChI=1S/C26H23ClN6O4S/c1-15-22(27)14-33(32-15)23-9-8-18(17-6-5-7-20(10-17)38(34,35)28-3)11-21(23)25-24(31-16(2)37-25)19-12-29-26(36-4)30-13-19/h5-14,28H,1-4H3. The lowest BCUT2D eigenvalue weighted by molar-refractivity contribution is 0.380. The molecule has 0 bridgehead atoms. The van der Waals surface area contributed by atoms with Gasteiger partial charge in [0.05, 0.1) is 28.4 Å². The fraction of sp³-hybridized carbons (Fsp3) is 0.154. The number of methoxy groups -OCH3 is 1. The number of halogens is 1. The van der Waals surface area contributed by atoms with Crippen molar-refractivity contribution in [3.8, 4) is 45.4 Å². The quantitative estimate of drug-likeness (QED) is 0.305. The van der Waals surface area contributed by atoms with Crippen molar-refractivity contribution in [3.63, 3.8) is 0 Å². The lowest BCUT2D eigenvalue weighted by Crippen LogP contribution is -2.18. The number of ether oxygens (including phenoxy) is 1. The maximum atomic E-state index is 12.4. The van der Waals surface area contributed by atoms with Crippen LogP contribution in [0.1, 0.15) is 11.6 Å². The summed E-state index contributed by atoms with van der Waals surface area (Å²) in [5, 5.41) is 5.07. The Kier molecular flexibility index (Phi) is 6.74. The zero-order chi connectivity index (χ0) is 27.0. The topological polar surface area (TPSA) is 125 Å². The van der Waals surface area contributed by atoms with Crippen molar-refractivity contribution >= 4 is 21.6 Å². The van der Waals surface area contributed by atoms with Gasteiger partial charge in [0, 0.05) is 36.6 Å². The maximum Gasteiger partial charge on any atom is 0.316 e. The highest BCUT2D eigenvalue weighted by Gasteiger charge is 2.22. The van der Waals surface area contributed by atoms with Crippen LogP contribution in [-0.4, -0.2) is 47.3 Å². The minimum Gasteiger partial charge on any atom is -0.467 e. The van der Waals surface area contributed by atoms with Gasteiger partial charge in [-0.2, -0.15) is 5.10 Å². The molecule has 0 radical (unpaired) electrons. The average Bonchev–Trinajstić information content (AvgIpc) is 3.49. The van der Waals surface area contributed by atoms with Gasteiger partial charge in [0.1, 0.15) is 5.69 Å². The summed E-state index contributed by atoms with van der Waals surface area (Å²) in [6.45, 7) is 3.57. The van der Waals surface area contributed by atoms with Crippen molar-refractivity contribution in [1.29, 1.82) is 0 Å². The van der Waals surface area contributed by atoms with Crippen LogP contribution < -0.4 is 9.46 Å². The number of benzene rings is 2. The Bertz CT molecular complexity index is 1730. The molecule has 5 aromatic rings. The highest BCUT2D eigenvalue weighted by molar-refractivity contribution is 7.89. The molecule has 3 aromatic heterocycles. The monoisotopic (exact) mass is 550 g/mol. The van der Waals surface area contributed by atoms with Crippen molar-refractivity contribution in [1.82, 2.24) is 29.5 Å². The van der Waals surface area contributed by atoms with Crippen molar-refractivity contribution in [2.75, 3.05) is 14.2 Å². The van der Waals surface area contributed by atoms with Crippen molar-refractivity contribution in [2.24, 2.45) is 0 Å². The fourth-order valence-corrected chi connectivity index (χ4v) is 4.88. The molecule has 0 saturated heterocycles. The van der Waals surface area contributed by atoms with Crippen molar-refractivity contribution < 1.29 is 17.6 Å². The van der Waals surface area contributed by atoms with Crippen LogP contribution in [0.3, 0.4) is 0 Å². The van der Waals surface area contributed by atoms with Gasteiger partial charge in [-0.3, -0.25) is 0 Å². The Morgan fingerprint density at radius 2 is 1.76 bits per heavy atom. The molecule has 194 valence electrons. The molecule has 12 heteroatoms. The molecule has 0 spiro atoms. The lowest BCUT2D eigenvalue weighted by atomic mass is 9.99. The first-order chi connectivity index (χ1) is 18.2. The lowest BCUT2D eigenvalue weighted by Gasteiger charge is -2.13. The number of aryl methyl sites for hydroxylation is 2. The second-order valence-electron chi connectivity index (χ2n) is 8.34.